The van der Waals surface area contributed by atoms with Crippen LogP contribution in [-0.4, -0.2) is 55.4 Å². The fraction of sp³-hybridized carbons (Fsp3) is 0.217. The summed E-state index contributed by atoms with van der Waals surface area (Å²) < 4.78 is 53.7. The Morgan fingerprint density at radius 1 is 0.952 bits per heavy atom. The highest BCUT2D eigenvalue weighted by molar-refractivity contribution is 7.91. The number of aryl methyl sites for hydroxylation is 1. The number of nitriles is 1. The van der Waals surface area contributed by atoms with Crippen molar-refractivity contribution in [1.29, 1.82) is 5.26 Å². The predicted molar refractivity (Wildman–Crippen MR) is 238 cm³/mol. The number of nitrogens with two attached hydrogens (primary N) is 1. The lowest BCUT2D eigenvalue weighted by atomic mass is 9.93. The molecule has 3 N–H and O–H groups in total. The lowest BCUT2D eigenvalue weighted by Crippen LogP contribution is -2.56. The molecule has 322 valence electrons. The van der Waals surface area contributed by atoms with E-state index in [0.717, 1.165) is 43.5 Å². The number of carbonyl (C=O) groups excluding carboxylic acids is 2. The predicted octanol–water partition coefficient (Wildman–Crippen LogP) is 7.99. The topological polar surface area (TPSA) is 183 Å². The van der Waals surface area contributed by atoms with Crippen LogP contribution in [0.2, 0.25) is 10.0 Å². The molecule has 3 heterocycles. The maximum Gasteiger partial charge on any atom is 0.328 e. The maximum atomic E-state index is 14.5. The molecule has 1 unspecified atom stereocenters. The smallest absolute Gasteiger partial charge is 0.328 e. The van der Waals surface area contributed by atoms with Gasteiger partial charge in [0.2, 0.25) is 5.91 Å². The monoisotopic (exact) mass is 923 g/mol. The number of halogens is 2. The number of rotatable bonds is 12. The van der Waals surface area contributed by atoms with Gasteiger partial charge in [0.1, 0.15) is 31.0 Å². The Kier molecular flexibility index (Phi) is 12.6. The molecule has 1 amide bonds. The second-order valence-corrected chi connectivity index (χ2v) is 18.9. The number of thiazole rings is 1. The summed E-state index contributed by atoms with van der Waals surface area (Å²) in [4.78, 5) is 31.7. The van der Waals surface area contributed by atoms with Crippen LogP contribution in [0, 0.1) is 18.3 Å². The molecule has 2 aliphatic heterocycles. The molecule has 8 rings (SSSR count). The molecule has 0 saturated heterocycles. The molecule has 5 aromatic carbocycles. The van der Waals surface area contributed by atoms with Gasteiger partial charge >= 0.3 is 5.97 Å². The average molecular weight is 925 g/mol. The highest BCUT2D eigenvalue weighted by Crippen LogP contribution is 2.42. The Morgan fingerprint density at radius 3 is 2.29 bits per heavy atom. The number of aromatic nitrogens is 1. The molecule has 6 aromatic rings. The van der Waals surface area contributed by atoms with Crippen LogP contribution in [-0.2, 0) is 50.3 Å². The van der Waals surface area contributed by atoms with Crippen LogP contribution in [0.3, 0.4) is 0 Å². The number of methoxy groups -OCH3 is 1. The van der Waals surface area contributed by atoms with E-state index in [4.69, 9.17) is 53.1 Å². The Hall–Kier alpha value is -6.15. The van der Waals surface area contributed by atoms with Crippen molar-refractivity contribution in [2.45, 2.75) is 55.3 Å². The standard InChI is InChI=1S/C46H39Cl2N5O8S2/c1-26-45(62-46(50)51-26)63(56,57)53-23-34-21-41-40(60-25-42(61-41)32-12-14-35(15-13-32)59-24-29-7-16-36(47)37(48)17-29)20-33(34)19-39(53)43(54)52-38(44(55)58-2)18-27-3-8-30(9-4-27)31-10-5-28(22-49)6-11-31/h3-17,20-21,38-39,42H,18-19,23-25H2,1-2H3,(H2,50,51)(H,52,54)/t38?,39-,42-/m0/s1. The molecular weight excluding hydrogens is 886 g/mol. The van der Waals surface area contributed by atoms with Gasteiger partial charge in [0.15, 0.2) is 26.9 Å². The van der Waals surface area contributed by atoms with Gasteiger partial charge in [-0.25, -0.2) is 18.2 Å². The zero-order valence-corrected chi connectivity index (χ0v) is 37.0. The highest BCUT2D eigenvalue weighted by atomic mass is 35.5. The molecule has 0 radical (unpaired) electrons. The second-order valence-electron chi connectivity index (χ2n) is 15.0. The number of hydrogen-bond donors (Lipinski definition) is 2. The number of nitrogens with zero attached hydrogens (tertiary/aromatic N) is 3. The summed E-state index contributed by atoms with van der Waals surface area (Å²) in [5.74, 6) is 0.116. The molecule has 1 aromatic heterocycles. The Labute approximate surface area is 377 Å². The van der Waals surface area contributed by atoms with Crippen LogP contribution >= 0.6 is 34.5 Å². The molecule has 63 heavy (non-hydrogen) atoms. The number of esters is 1. The minimum absolute atomic E-state index is 0.0370. The molecule has 0 fully saturated rings. The van der Waals surface area contributed by atoms with E-state index < -0.39 is 40.1 Å². The van der Waals surface area contributed by atoms with Crippen molar-refractivity contribution < 1.29 is 37.0 Å². The van der Waals surface area contributed by atoms with E-state index in [9.17, 15) is 18.0 Å². The normalized spacial score (nSPS) is 16.3. The summed E-state index contributed by atoms with van der Waals surface area (Å²) in [7, 11) is -3.13. The molecule has 3 atom stereocenters. The van der Waals surface area contributed by atoms with Gasteiger partial charge in [-0.1, -0.05) is 89.1 Å². The van der Waals surface area contributed by atoms with Crippen molar-refractivity contribution >= 4 is 61.6 Å². The molecule has 13 nitrogen and oxygen atoms in total. The van der Waals surface area contributed by atoms with Crippen LogP contribution in [0.1, 0.15) is 45.2 Å². The SMILES string of the molecule is COC(=O)C(Cc1ccc(-c2ccc(C#N)cc2)cc1)NC(=O)[C@@H]1Cc2cc3c(cc2CN1S(=O)(=O)c1sc(N)nc1C)O[C@H](c1ccc(OCc2ccc(Cl)c(Cl)c2)cc1)CO3. The molecule has 0 spiro atoms. The Morgan fingerprint density at radius 2 is 1.63 bits per heavy atom. The number of anilines is 1. The molecule has 17 heteroatoms. The third-order valence-electron chi connectivity index (χ3n) is 10.8. The number of fused-ring (bicyclic) bond motifs is 2. The van der Waals surface area contributed by atoms with Gasteiger partial charge in [-0.15, -0.1) is 0 Å². The molecule has 0 bridgehead atoms. The lowest BCUT2D eigenvalue weighted by Gasteiger charge is -2.36. The Balaban J connectivity index is 1.02. The van der Waals surface area contributed by atoms with Gasteiger partial charge in [-0.2, -0.15) is 9.57 Å². The van der Waals surface area contributed by atoms with Crippen LogP contribution in [0.15, 0.2) is 107 Å². The quantitative estimate of drug-likeness (QED) is 0.114. The minimum Gasteiger partial charge on any atom is -0.489 e. The summed E-state index contributed by atoms with van der Waals surface area (Å²) in [6.07, 6.45) is -0.446. The van der Waals surface area contributed by atoms with Crippen LogP contribution in [0.5, 0.6) is 17.2 Å². The molecule has 0 aliphatic carbocycles. The summed E-state index contributed by atoms with van der Waals surface area (Å²) in [6.45, 7) is 1.84. The van der Waals surface area contributed by atoms with Crippen molar-refractivity contribution in [2.75, 3.05) is 19.5 Å². The van der Waals surface area contributed by atoms with Crippen LogP contribution in [0.4, 0.5) is 5.13 Å². The Bertz CT molecular complexity index is 2850. The molecular formula is C46H39Cl2N5O8S2. The largest absolute Gasteiger partial charge is 0.489 e. The van der Waals surface area contributed by atoms with E-state index in [1.165, 1.54) is 7.11 Å². The van der Waals surface area contributed by atoms with Crippen molar-refractivity contribution in [2.24, 2.45) is 0 Å². The van der Waals surface area contributed by atoms with E-state index in [-0.39, 0.29) is 41.0 Å². The van der Waals surface area contributed by atoms with Gasteiger partial charge in [-0.05, 0) is 101 Å². The van der Waals surface area contributed by atoms with Gasteiger partial charge in [0.05, 0.1) is 34.5 Å². The molecule has 2 aliphatic rings. The average Bonchev–Trinajstić information content (AvgIpc) is 3.65. The summed E-state index contributed by atoms with van der Waals surface area (Å²) in [5.41, 5.74) is 12.2. The van der Waals surface area contributed by atoms with Gasteiger partial charge in [0, 0.05) is 13.0 Å². The van der Waals surface area contributed by atoms with Crippen molar-refractivity contribution in [3.63, 3.8) is 0 Å². The van der Waals surface area contributed by atoms with Crippen LogP contribution in [0.25, 0.3) is 11.1 Å². The van der Waals surface area contributed by atoms with Gasteiger partial charge in [-0.3, -0.25) is 4.79 Å². The number of ether oxygens (including phenoxy) is 4. The van der Waals surface area contributed by atoms with E-state index in [0.29, 0.717) is 50.6 Å². The molecule has 0 saturated carbocycles. The summed E-state index contributed by atoms with van der Waals surface area (Å²) >= 11 is 13.0. The fourth-order valence-corrected chi connectivity index (χ4v) is 10.8. The third-order valence-corrected chi connectivity index (χ3v) is 15.0. The van der Waals surface area contributed by atoms with E-state index in [1.807, 2.05) is 66.7 Å². The number of hydrogen-bond acceptors (Lipinski definition) is 12. The first-order chi connectivity index (χ1) is 30.3. The number of benzene rings is 5. The van der Waals surface area contributed by atoms with Crippen molar-refractivity contribution in [3.05, 3.63) is 152 Å². The number of amides is 1. The van der Waals surface area contributed by atoms with E-state index in [2.05, 4.69) is 16.4 Å². The summed E-state index contributed by atoms with van der Waals surface area (Å²) in [5, 5.41) is 12.9. The second kappa shape index (κ2) is 18.3. The van der Waals surface area contributed by atoms with Crippen LogP contribution < -0.4 is 25.3 Å². The van der Waals surface area contributed by atoms with E-state index in [1.54, 1.807) is 43.3 Å². The third kappa shape index (κ3) is 9.46. The van der Waals surface area contributed by atoms with Crippen molar-refractivity contribution in [3.8, 4) is 34.4 Å². The number of nitrogen functional groups attached to an aromatic ring is 1. The number of carbonyl (C=O) groups is 2. The first kappa shape index (κ1) is 43.5. The highest BCUT2D eigenvalue weighted by Gasteiger charge is 2.43. The first-order valence-corrected chi connectivity index (χ1v) is 22.6. The fourth-order valence-electron chi connectivity index (χ4n) is 7.50. The van der Waals surface area contributed by atoms with E-state index >= 15 is 0 Å². The van der Waals surface area contributed by atoms with Gasteiger partial charge < -0.3 is 30.0 Å². The maximum absolute atomic E-state index is 14.5. The minimum atomic E-state index is -4.35. The first-order valence-electron chi connectivity index (χ1n) is 19.6. The summed E-state index contributed by atoms with van der Waals surface area (Å²) in [6, 6.07) is 30.6. The number of nitrogens with one attached hydrogen (secondary N) is 1. The van der Waals surface area contributed by atoms with Gasteiger partial charge in [0.25, 0.3) is 10.0 Å². The zero-order chi connectivity index (χ0) is 44.4. The lowest BCUT2D eigenvalue weighted by molar-refractivity contribution is -0.145. The van der Waals surface area contributed by atoms with Crippen molar-refractivity contribution in [1.82, 2.24) is 14.6 Å². The number of sulfonamides is 1. The zero-order valence-electron chi connectivity index (χ0n) is 33.8.